The van der Waals surface area contributed by atoms with Crippen LogP contribution in [-0.2, 0) is 35.7 Å². The van der Waals surface area contributed by atoms with Crippen molar-refractivity contribution in [1.29, 1.82) is 0 Å². The van der Waals surface area contributed by atoms with E-state index < -0.39 is 40.9 Å². The minimum Gasteiger partial charge on any atom is -0.493 e. The Kier molecular flexibility index (Phi) is 7.32. The number of esters is 2. The Bertz CT molecular complexity index is 1470. The van der Waals surface area contributed by atoms with E-state index >= 15 is 0 Å². The number of carbonyl (C=O) groups excluding carboxylic acids is 3. The summed E-state index contributed by atoms with van der Waals surface area (Å²) in [5, 5.41) is 24.8. The van der Waals surface area contributed by atoms with Gasteiger partial charge in [0.15, 0.2) is 29.6 Å². The van der Waals surface area contributed by atoms with Crippen LogP contribution in [0.5, 0.6) is 11.5 Å². The average Bonchev–Trinajstić information content (AvgIpc) is 3.35. The lowest BCUT2D eigenvalue weighted by molar-refractivity contribution is -0.176. The molecule has 1 fully saturated rings. The zero-order chi connectivity index (χ0) is 30.6. The fourth-order valence-electron chi connectivity index (χ4n) is 7.29. The van der Waals surface area contributed by atoms with Gasteiger partial charge in [-0.1, -0.05) is 36.4 Å². The zero-order valence-corrected chi connectivity index (χ0v) is 24.4. The molecule has 0 radical (unpaired) electrons. The van der Waals surface area contributed by atoms with Crippen LogP contribution in [0.2, 0.25) is 0 Å². The maximum atomic E-state index is 13.8. The molecule has 0 amide bonds. The van der Waals surface area contributed by atoms with Crippen LogP contribution < -0.4 is 14.8 Å². The first-order chi connectivity index (χ1) is 20.5. The van der Waals surface area contributed by atoms with Crippen molar-refractivity contribution in [3.8, 4) is 11.5 Å². The Morgan fingerprint density at radius 1 is 1.26 bits per heavy atom. The number of aldehydes is 1. The second-order valence-corrected chi connectivity index (χ2v) is 11.9. The third-order valence-electron chi connectivity index (χ3n) is 9.38. The normalized spacial score (nSPS) is 28.8. The molecule has 43 heavy (non-hydrogen) atoms. The molecule has 2 aliphatic carbocycles. The van der Waals surface area contributed by atoms with E-state index in [0.29, 0.717) is 36.2 Å². The highest BCUT2D eigenvalue weighted by molar-refractivity contribution is 5.82. The third kappa shape index (κ3) is 4.62. The molecule has 2 bridgehead atoms. The molecule has 6 atom stereocenters. The first kappa shape index (κ1) is 29.3. The fraction of sp³-hybridized carbons (Fsp3) is 0.469. The SMILES string of the molecule is COc1ccc2c3c1OC1C(OC(=O)[C@@H](OC(=O)CCN[C@@](C)(O)C=O)c4ccccc4)=CC[C@@]4(O)[C@@H](C2)N(C)CCC314. The lowest BCUT2D eigenvalue weighted by Gasteiger charge is -2.61. The van der Waals surface area contributed by atoms with E-state index in [1.54, 1.807) is 43.5 Å². The molecule has 2 heterocycles. The molecule has 11 nitrogen and oxygen atoms in total. The van der Waals surface area contributed by atoms with E-state index in [0.717, 1.165) is 17.7 Å². The molecular weight excluding hydrogens is 556 g/mol. The number of aliphatic hydroxyl groups is 2. The maximum Gasteiger partial charge on any atom is 0.357 e. The summed E-state index contributed by atoms with van der Waals surface area (Å²) < 4.78 is 23.8. The van der Waals surface area contributed by atoms with Crippen molar-refractivity contribution in [2.45, 2.75) is 67.6 Å². The molecule has 6 rings (SSSR count). The molecule has 11 heteroatoms. The van der Waals surface area contributed by atoms with E-state index in [4.69, 9.17) is 18.9 Å². The number of hydrogen-bond donors (Lipinski definition) is 3. The summed E-state index contributed by atoms with van der Waals surface area (Å²) in [4.78, 5) is 39.7. The number of rotatable bonds is 10. The summed E-state index contributed by atoms with van der Waals surface area (Å²) in [6.45, 7) is 1.93. The van der Waals surface area contributed by atoms with Crippen LogP contribution in [0.3, 0.4) is 0 Å². The van der Waals surface area contributed by atoms with Crippen molar-refractivity contribution in [3.05, 3.63) is 71.0 Å². The Morgan fingerprint density at radius 2 is 2.02 bits per heavy atom. The summed E-state index contributed by atoms with van der Waals surface area (Å²) in [6, 6.07) is 12.3. The molecule has 0 aromatic heterocycles. The van der Waals surface area contributed by atoms with Crippen LogP contribution >= 0.6 is 0 Å². The predicted octanol–water partition coefficient (Wildman–Crippen LogP) is 1.69. The number of likely N-dealkylation sites (tertiary alicyclic amines) is 1. The van der Waals surface area contributed by atoms with Gasteiger partial charge < -0.3 is 34.1 Å². The van der Waals surface area contributed by atoms with E-state index in [-0.39, 0.29) is 31.2 Å². The van der Waals surface area contributed by atoms with Gasteiger partial charge in [-0.2, -0.15) is 0 Å². The van der Waals surface area contributed by atoms with Gasteiger partial charge in [-0.05, 0) is 51.1 Å². The average molecular weight is 593 g/mol. The van der Waals surface area contributed by atoms with Crippen molar-refractivity contribution in [1.82, 2.24) is 10.2 Å². The lowest BCUT2D eigenvalue weighted by atomic mass is 9.50. The summed E-state index contributed by atoms with van der Waals surface area (Å²) >= 11 is 0. The fourth-order valence-corrected chi connectivity index (χ4v) is 7.29. The second kappa shape index (κ2) is 10.7. The lowest BCUT2D eigenvalue weighted by Crippen LogP contribution is -2.74. The summed E-state index contributed by atoms with van der Waals surface area (Å²) in [7, 11) is 3.59. The highest BCUT2D eigenvalue weighted by Crippen LogP contribution is 2.65. The number of ether oxygens (including phenoxy) is 4. The summed E-state index contributed by atoms with van der Waals surface area (Å²) in [6.07, 6.45) is 1.13. The Balaban J connectivity index is 1.30. The van der Waals surface area contributed by atoms with Crippen LogP contribution in [0.15, 0.2) is 54.3 Å². The Morgan fingerprint density at radius 3 is 2.74 bits per heavy atom. The van der Waals surface area contributed by atoms with Gasteiger partial charge in [0.25, 0.3) is 0 Å². The number of carbonyl (C=O) groups is 3. The van der Waals surface area contributed by atoms with Gasteiger partial charge in [0.05, 0.1) is 24.5 Å². The highest BCUT2D eigenvalue weighted by Gasteiger charge is 2.72. The monoisotopic (exact) mass is 592 g/mol. The molecule has 2 aliphatic heterocycles. The predicted molar refractivity (Wildman–Crippen MR) is 152 cm³/mol. The molecule has 2 unspecified atom stereocenters. The molecular formula is C32H36N2O9. The number of nitrogens with zero attached hydrogens (tertiary/aromatic N) is 1. The van der Waals surface area contributed by atoms with Gasteiger partial charge in [0.2, 0.25) is 6.10 Å². The Labute approximate surface area is 249 Å². The van der Waals surface area contributed by atoms with Crippen molar-refractivity contribution in [3.63, 3.8) is 0 Å². The molecule has 0 saturated carbocycles. The molecule has 1 saturated heterocycles. The Hall–Kier alpha value is -3.77. The molecule has 2 aromatic rings. The topological polar surface area (TPSA) is 144 Å². The van der Waals surface area contributed by atoms with E-state index in [9.17, 15) is 24.6 Å². The molecule has 4 aliphatic rings. The minimum atomic E-state index is -1.79. The van der Waals surface area contributed by atoms with Crippen LogP contribution in [0.4, 0.5) is 0 Å². The van der Waals surface area contributed by atoms with E-state index in [2.05, 4.69) is 10.2 Å². The zero-order valence-electron chi connectivity index (χ0n) is 24.4. The van der Waals surface area contributed by atoms with Crippen molar-refractivity contribution < 1.29 is 43.5 Å². The third-order valence-corrected chi connectivity index (χ3v) is 9.38. The van der Waals surface area contributed by atoms with E-state index in [1.165, 1.54) is 6.92 Å². The quantitative estimate of drug-likeness (QED) is 0.211. The van der Waals surface area contributed by atoms with Crippen molar-refractivity contribution in [2.75, 3.05) is 27.2 Å². The van der Waals surface area contributed by atoms with Crippen LogP contribution in [0.25, 0.3) is 0 Å². The number of hydrogen-bond acceptors (Lipinski definition) is 11. The van der Waals surface area contributed by atoms with Crippen LogP contribution in [0.1, 0.15) is 49.0 Å². The van der Waals surface area contributed by atoms with Crippen molar-refractivity contribution in [2.24, 2.45) is 0 Å². The smallest absolute Gasteiger partial charge is 0.357 e. The molecule has 3 N–H and O–H groups in total. The van der Waals surface area contributed by atoms with Gasteiger partial charge in [-0.25, -0.2) is 4.79 Å². The summed E-state index contributed by atoms with van der Waals surface area (Å²) in [5.41, 5.74) is -1.41. The second-order valence-electron chi connectivity index (χ2n) is 11.9. The molecule has 228 valence electrons. The van der Waals surface area contributed by atoms with Gasteiger partial charge in [0.1, 0.15) is 5.76 Å². The van der Waals surface area contributed by atoms with Crippen LogP contribution in [-0.4, -0.2) is 84.1 Å². The van der Waals surface area contributed by atoms with Crippen molar-refractivity contribution >= 4 is 18.2 Å². The maximum absolute atomic E-state index is 13.8. The van der Waals surface area contributed by atoms with E-state index in [1.807, 2.05) is 19.2 Å². The number of nitrogens with one attached hydrogen (secondary N) is 1. The number of methoxy groups -OCH3 is 1. The largest absolute Gasteiger partial charge is 0.493 e. The molecule has 2 aromatic carbocycles. The first-order valence-corrected chi connectivity index (χ1v) is 14.4. The number of piperidine rings is 1. The van der Waals surface area contributed by atoms with Gasteiger partial charge in [0, 0.05) is 30.1 Å². The summed E-state index contributed by atoms with van der Waals surface area (Å²) in [5.74, 6) is -0.182. The number of likely N-dealkylation sites (N-methyl/N-ethyl adjacent to an activating group) is 1. The van der Waals surface area contributed by atoms with Gasteiger partial charge >= 0.3 is 11.9 Å². The standard InChI is InChI=1S/C32H36N2O9/c1-30(38,18-35)33-15-12-24(36)42-26(19-7-5-4-6-8-19)29(37)41-22-11-13-32(39)23-17-20-9-10-21(40-3)27-25(20)31(32,28(22)43-27)14-16-34(23)2/h4-11,18,23,26,28,33,38-39H,12-17H2,1-3H3/t23-,26+,28?,30+,31?,32-/m1/s1. The van der Waals surface area contributed by atoms with Gasteiger partial charge in [-0.3, -0.25) is 14.9 Å². The van der Waals surface area contributed by atoms with Gasteiger partial charge in [-0.15, -0.1) is 0 Å². The minimum absolute atomic E-state index is 0.0542. The van der Waals surface area contributed by atoms with Crippen LogP contribution in [0, 0.1) is 0 Å². The first-order valence-electron chi connectivity index (χ1n) is 14.4. The molecule has 1 spiro atoms. The highest BCUT2D eigenvalue weighted by atomic mass is 16.6. The number of benzene rings is 2.